The highest BCUT2D eigenvalue weighted by molar-refractivity contribution is 9.10. The Hall–Kier alpha value is -1.14. The van der Waals surface area contributed by atoms with Crippen LogP contribution in [-0.4, -0.2) is 38.8 Å². The van der Waals surface area contributed by atoms with Crippen LogP contribution in [0, 0.1) is 5.82 Å². The van der Waals surface area contributed by atoms with Crippen LogP contribution in [-0.2, 0) is 11.2 Å². The molecule has 0 bridgehead atoms. The van der Waals surface area contributed by atoms with E-state index in [1.165, 1.54) is 6.07 Å². The predicted molar refractivity (Wildman–Crippen MR) is 88.3 cm³/mol. The lowest BCUT2D eigenvalue weighted by atomic mass is 10.1. The van der Waals surface area contributed by atoms with Gasteiger partial charge in [0.15, 0.2) is 5.96 Å². The third-order valence-electron chi connectivity index (χ3n) is 2.80. The predicted octanol–water partition coefficient (Wildman–Crippen LogP) is 2.72. The molecule has 4 nitrogen and oxygen atoms in total. The molecule has 0 spiro atoms. The average Bonchev–Trinajstić information content (AvgIpc) is 2.43. The molecule has 0 saturated heterocycles. The topological polar surface area (TPSA) is 45.7 Å². The molecule has 1 unspecified atom stereocenters. The number of aliphatic imine (C=N–C) groups is 1. The van der Waals surface area contributed by atoms with Crippen molar-refractivity contribution >= 4 is 21.9 Å². The first-order valence-corrected chi connectivity index (χ1v) is 7.83. The van der Waals surface area contributed by atoms with Gasteiger partial charge in [-0.05, 0) is 44.0 Å². The van der Waals surface area contributed by atoms with Gasteiger partial charge in [0, 0.05) is 30.7 Å². The van der Waals surface area contributed by atoms with E-state index in [4.69, 9.17) is 4.74 Å². The van der Waals surface area contributed by atoms with Gasteiger partial charge in [-0.3, -0.25) is 4.99 Å². The van der Waals surface area contributed by atoms with Crippen molar-refractivity contribution in [1.82, 2.24) is 10.6 Å². The second-order valence-electron chi connectivity index (χ2n) is 4.75. The fourth-order valence-corrected chi connectivity index (χ4v) is 2.28. The minimum absolute atomic E-state index is 0.162. The van der Waals surface area contributed by atoms with Gasteiger partial charge in [0.2, 0.25) is 0 Å². The Morgan fingerprint density at radius 2 is 2.24 bits per heavy atom. The van der Waals surface area contributed by atoms with Crippen LogP contribution in [0.2, 0.25) is 0 Å². The van der Waals surface area contributed by atoms with Crippen molar-refractivity contribution in [3.63, 3.8) is 0 Å². The van der Waals surface area contributed by atoms with E-state index in [-0.39, 0.29) is 11.9 Å². The number of hydrogen-bond acceptors (Lipinski definition) is 2. The lowest BCUT2D eigenvalue weighted by Crippen LogP contribution is -2.44. The smallest absolute Gasteiger partial charge is 0.191 e. The average molecular weight is 360 g/mol. The van der Waals surface area contributed by atoms with Crippen LogP contribution in [0.5, 0.6) is 0 Å². The fraction of sp³-hybridized carbons (Fsp3) is 0.533. The minimum Gasteiger partial charge on any atom is -0.383 e. The molecule has 0 fully saturated rings. The molecule has 1 rings (SSSR count). The number of halogens is 2. The molecule has 1 aromatic carbocycles. The van der Waals surface area contributed by atoms with Gasteiger partial charge in [0.25, 0.3) is 0 Å². The molecule has 0 aliphatic carbocycles. The fourth-order valence-electron chi connectivity index (χ4n) is 1.87. The summed E-state index contributed by atoms with van der Waals surface area (Å²) in [6.07, 6.45) is 0.556. The van der Waals surface area contributed by atoms with Crippen LogP contribution < -0.4 is 10.6 Å². The molecule has 0 heterocycles. The zero-order chi connectivity index (χ0) is 15.7. The Morgan fingerprint density at radius 3 is 2.90 bits per heavy atom. The van der Waals surface area contributed by atoms with Crippen molar-refractivity contribution in [1.29, 1.82) is 0 Å². The van der Waals surface area contributed by atoms with Crippen molar-refractivity contribution in [3.05, 3.63) is 34.1 Å². The van der Waals surface area contributed by atoms with Gasteiger partial charge in [-0.15, -0.1) is 0 Å². The molecule has 0 aliphatic rings. The molecule has 2 N–H and O–H groups in total. The van der Waals surface area contributed by atoms with Gasteiger partial charge in [0.05, 0.1) is 6.61 Å². The standard InChI is InChI=1S/C15H23BrFN3O/c1-4-18-15(20-11(2)10-21-3)19-8-7-12-9-13(16)5-6-14(12)17/h5-6,9,11H,4,7-8,10H2,1-3H3,(H2,18,19,20). The van der Waals surface area contributed by atoms with E-state index in [0.29, 0.717) is 25.1 Å². The van der Waals surface area contributed by atoms with Crippen LogP contribution in [0.15, 0.2) is 27.7 Å². The second-order valence-corrected chi connectivity index (χ2v) is 5.66. The van der Waals surface area contributed by atoms with E-state index in [1.54, 1.807) is 19.2 Å². The first-order chi connectivity index (χ1) is 10.1. The number of guanidine groups is 1. The molecule has 0 amide bonds. The van der Waals surface area contributed by atoms with Crippen molar-refractivity contribution in [2.45, 2.75) is 26.3 Å². The van der Waals surface area contributed by atoms with Crippen molar-refractivity contribution in [2.24, 2.45) is 4.99 Å². The molecular formula is C15H23BrFN3O. The monoisotopic (exact) mass is 359 g/mol. The zero-order valence-electron chi connectivity index (χ0n) is 12.7. The highest BCUT2D eigenvalue weighted by Gasteiger charge is 2.05. The van der Waals surface area contributed by atoms with E-state index in [2.05, 4.69) is 31.6 Å². The summed E-state index contributed by atoms with van der Waals surface area (Å²) in [5.74, 6) is 0.525. The summed E-state index contributed by atoms with van der Waals surface area (Å²) in [6.45, 7) is 5.92. The first kappa shape index (κ1) is 17.9. The van der Waals surface area contributed by atoms with E-state index in [1.807, 2.05) is 13.8 Å². The summed E-state index contributed by atoms with van der Waals surface area (Å²) in [7, 11) is 1.66. The Labute approximate surface area is 134 Å². The van der Waals surface area contributed by atoms with Gasteiger partial charge in [0.1, 0.15) is 5.82 Å². The van der Waals surface area contributed by atoms with Gasteiger partial charge < -0.3 is 15.4 Å². The molecule has 0 aliphatic heterocycles. The molecule has 118 valence electrons. The summed E-state index contributed by atoms with van der Waals surface area (Å²) < 4.78 is 19.6. The third kappa shape index (κ3) is 6.91. The SMILES string of the molecule is CCNC(=NCCc1cc(Br)ccc1F)NC(C)COC. The molecule has 1 aromatic rings. The molecule has 6 heteroatoms. The number of methoxy groups -OCH3 is 1. The van der Waals surface area contributed by atoms with Gasteiger partial charge in [-0.25, -0.2) is 4.39 Å². The minimum atomic E-state index is -0.195. The van der Waals surface area contributed by atoms with E-state index >= 15 is 0 Å². The largest absolute Gasteiger partial charge is 0.383 e. The first-order valence-electron chi connectivity index (χ1n) is 7.04. The van der Waals surface area contributed by atoms with E-state index < -0.39 is 0 Å². The van der Waals surface area contributed by atoms with Crippen LogP contribution in [0.3, 0.4) is 0 Å². The maximum absolute atomic E-state index is 13.6. The summed E-state index contributed by atoms with van der Waals surface area (Å²) >= 11 is 3.35. The maximum Gasteiger partial charge on any atom is 0.191 e. The number of nitrogens with zero attached hydrogens (tertiary/aromatic N) is 1. The lowest BCUT2D eigenvalue weighted by molar-refractivity contribution is 0.179. The molecule has 21 heavy (non-hydrogen) atoms. The number of benzene rings is 1. The number of ether oxygens (including phenoxy) is 1. The Kier molecular flexibility index (Phi) is 8.30. The molecule has 0 saturated carbocycles. The zero-order valence-corrected chi connectivity index (χ0v) is 14.3. The van der Waals surface area contributed by atoms with Gasteiger partial charge >= 0.3 is 0 Å². The van der Waals surface area contributed by atoms with Crippen LogP contribution >= 0.6 is 15.9 Å². The lowest BCUT2D eigenvalue weighted by Gasteiger charge is -2.17. The Bertz CT molecular complexity index is 468. The normalized spacial score (nSPS) is 13.1. The maximum atomic E-state index is 13.6. The molecule has 0 aromatic heterocycles. The molecule has 1 atom stereocenters. The van der Waals surface area contributed by atoms with Crippen LogP contribution in [0.4, 0.5) is 4.39 Å². The summed E-state index contributed by atoms with van der Waals surface area (Å²) in [6, 6.07) is 5.11. The highest BCUT2D eigenvalue weighted by atomic mass is 79.9. The van der Waals surface area contributed by atoms with Crippen molar-refractivity contribution in [2.75, 3.05) is 26.8 Å². The summed E-state index contributed by atoms with van der Waals surface area (Å²) in [4.78, 5) is 4.46. The molecule has 0 radical (unpaired) electrons. The van der Waals surface area contributed by atoms with Gasteiger partial charge in [-0.1, -0.05) is 15.9 Å². The second kappa shape index (κ2) is 9.73. The highest BCUT2D eigenvalue weighted by Crippen LogP contribution is 2.15. The third-order valence-corrected chi connectivity index (χ3v) is 3.30. The summed E-state index contributed by atoms with van der Waals surface area (Å²) in [5.41, 5.74) is 0.661. The van der Waals surface area contributed by atoms with Crippen molar-refractivity contribution < 1.29 is 9.13 Å². The van der Waals surface area contributed by atoms with Crippen molar-refractivity contribution in [3.8, 4) is 0 Å². The van der Waals surface area contributed by atoms with Crippen LogP contribution in [0.1, 0.15) is 19.4 Å². The Balaban J connectivity index is 2.59. The van der Waals surface area contributed by atoms with E-state index in [9.17, 15) is 4.39 Å². The molecular weight excluding hydrogens is 337 g/mol. The van der Waals surface area contributed by atoms with E-state index in [0.717, 1.165) is 17.0 Å². The number of rotatable bonds is 7. The summed E-state index contributed by atoms with van der Waals surface area (Å²) in [5, 5.41) is 6.41. The van der Waals surface area contributed by atoms with Gasteiger partial charge in [-0.2, -0.15) is 0 Å². The Morgan fingerprint density at radius 1 is 1.48 bits per heavy atom. The quantitative estimate of drug-likeness (QED) is 0.581. The number of hydrogen-bond donors (Lipinski definition) is 2. The number of nitrogens with one attached hydrogen (secondary N) is 2. The van der Waals surface area contributed by atoms with Crippen LogP contribution in [0.25, 0.3) is 0 Å².